The van der Waals surface area contributed by atoms with Gasteiger partial charge >= 0.3 is 6.03 Å². The van der Waals surface area contributed by atoms with Crippen LogP contribution in [0.3, 0.4) is 0 Å². The van der Waals surface area contributed by atoms with Crippen molar-refractivity contribution in [1.82, 2.24) is 10.6 Å². The van der Waals surface area contributed by atoms with E-state index >= 15 is 0 Å². The van der Waals surface area contributed by atoms with E-state index in [1.54, 1.807) is 12.1 Å². The van der Waals surface area contributed by atoms with Gasteiger partial charge in [-0.25, -0.2) is 4.79 Å². The van der Waals surface area contributed by atoms with Crippen LogP contribution in [-0.4, -0.2) is 17.8 Å². The van der Waals surface area contributed by atoms with E-state index in [1.165, 1.54) is 6.08 Å². The Kier molecular flexibility index (Phi) is 5.76. The molecule has 6 nitrogen and oxygen atoms in total. The normalized spacial score (nSPS) is 13.9. The molecule has 0 bridgehead atoms. The van der Waals surface area contributed by atoms with E-state index in [0.29, 0.717) is 26.9 Å². The summed E-state index contributed by atoms with van der Waals surface area (Å²) in [5, 5.41) is 4.07. The third-order valence-corrected chi connectivity index (χ3v) is 4.92. The zero-order chi connectivity index (χ0) is 19.6. The highest BCUT2D eigenvalue weighted by molar-refractivity contribution is 9.11. The van der Waals surface area contributed by atoms with Gasteiger partial charge in [-0.1, -0.05) is 29.8 Å². The molecule has 0 unspecified atom stereocenters. The minimum atomic E-state index is -0.829. The van der Waals surface area contributed by atoms with Gasteiger partial charge in [0.15, 0.2) is 0 Å². The molecule has 4 amide bonds. The van der Waals surface area contributed by atoms with Crippen molar-refractivity contribution in [3.05, 3.63) is 67.6 Å². The molecule has 2 N–H and O–H groups in total. The van der Waals surface area contributed by atoms with Gasteiger partial charge in [-0.15, -0.1) is 0 Å². The van der Waals surface area contributed by atoms with E-state index in [0.717, 1.165) is 11.1 Å². The van der Waals surface area contributed by atoms with Crippen LogP contribution >= 0.6 is 31.9 Å². The average molecular weight is 494 g/mol. The fourth-order valence-electron chi connectivity index (χ4n) is 2.53. The maximum Gasteiger partial charge on any atom is 0.328 e. The summed E-state index contributed by atoms with van der Waals surface area (Å²) in [6.45, 7) is 2.41. The summed E-state index contributed by atoms with van der Waals surface area (Å²) < 4.78 is 7.21. The third-order valence-electron chi connectivity index (χ3n) is 3.74. The average Bonchev–Trinajstić information content (AvgIpc) is 2.57. The number of barbiturate groups is 1. The second-order valence-electron chi connectivity index (χ2n) is 5.89. The van der Waals surface area contributed by atoms with Crippen molar-refractivity contribution >= 4 is 55.8 Å². The number of carbonyl (C=O) groups excluding carboxylic acids is 3. The Balaban J connectivity index is 1.82. The predicted molar refractivity (Wildman–Crippen MR) is 107 cm³/mol. The Morgan fingerprint density at radius 2 is 1.63 bits per heavy atom. The minimum Gasteiger partial charge on any atom is -0.487 e. The van der Waals surface area contributed by atoms with E-state index < -0.39 is 17.8 Å². The summed E-state index contributed by atoms with van der Waals surface area (Å²) in [5.41, 5.74) is 2.63. The molecule has 0 radical (unpaired) electrons. The Morgan fingerprint density at radius 3 is 2.22 bits per heavy atom. The van der Waals surface area contributed by atoms with Gasteiger partial charge < -0.3 is 4.74 Å². The van der Waals surface area contributed by atoms with E-state index in [4.69, 9.17) is 4.74 Å². The van der Waals surface area contributed by atoms with Gasteiger partial charge in [-0.2, -0.15) is 0 Å². The Hall–Kier alpha value is -2.45. The molecule has 0 aromatic heterocycles. The van der Waals surface area contributed by atoms with Crippen LogP contribution in [0.15, 0.2) is 50.9 Å². The van der Waals surface area contributed by atoms with Crippen LogP contribution in [-0.2, 0) is 16.2 Å². The molecule has 3 rings (SSSR count). The number of carbonyl (C=O) groups is 3. The monoisotopic (exact) mass is 492 g/mol. The molecule has 1 aliphatic heterocycles. The number of hydrogen-bond donors (Lipinski definition) is 2. The van der Waals surface area contributed by atoms with Gasteiger partial charge in [-0.05, 0) is 68.1 Å². The van der Waals surface area contributed by atoms with Crippen molar-refractivity contribution in [3.8, 4) is 5.75 Å². The van der Waals surface area contributed by atoms with Crippen molar-refractivity contribution in [3.63, 3.8) is 0 Å². The van der Waals surface area contributed by atoms with Crippen molar-refractivity contribution < 1.29 is 19.1 Å². The standard InChI is InChI=1S/C19H14Br2N2O4/c1-10-3-2-4-11(5-10)9-27-16-14(20)7-12(8-15(16)21)6-13-17(24)22-19(26)23-18(13)25/h2-8H,9H2,1H3,(H2,22,23,24,25,26). The number of rotatable bonds is 4. The maximum atomic E-state index is 11.8. The highest BCUT2D eigenvalue weighted by Gasteiger charge is 2.27. The second kappa shape index (κ2) is 8.06. The number of nitrogens with one attached hydrogen (secondary N) is 2. The highest BCUT2D eigenvalue weighted by Crippen LogP contribution is 2.36. The van der Waals surface area contributed by atoms with E-state index in [1.807, 2.05) is 41.8 Å². The molecule has 0 atom stereocenters. The predicted octanol–water partition coefficient (Wildman–Crippen LogP) is 3.85. The number of urea groups is 1. The molecule has 0 aliphatic carbocycles. The van der Waals surface area contributed by atoms with Gasteiger partial charge in [0.1, 0.15) is 17.9 Å². The summed E-state index contributed by atoms with van der Waals surface area (Å²) in [4.78, 5) is 34.8. The first-order valence-corrected chi connectivity index (χ1v) is 9.48. The first-order chi connectivity index (χ1) is 12.8. The number of hydrogen-bond acceptors (Lipinski definition) is 4. The summed E-state index contributed by atoms with van der Waals surface area (Å²) in [7, 11) is 0. The van der Waals surface area contributed by atoms with Crippen molar-refractivity contribution in [1.29, 1.82) is 0 Å². The lowest BCUT2D eigenvalue weighted by molar-refractivity contribution is -0.123. The molecule has 2 aromatic carbocycles. The van der Waals surface area contributed by atoms with Crippen molar-refractivity contribution in [2.75, 3.05) is 0 Å². The zero-order valence-electron chi connectivity index (χ0n) is 14.1. The minimum absolute atomic E-state index is 0.151. The van der Waals surface area contributed by atoms with Gasteiger partial charge in [0.2, 0.25) is 0 Å². The number of imide groups is 2. The van der Waals surface area contributed by atoms with Crippen LogP contribution in [0.25, 0.3) is 6.08 Å². The number of ether oxygens (including phenoxy) is 1. The van der Waals surface area contributed by atoms with Crippen LogP contribution < -0.4 is 15.4 Å². The third kappa shape index (κ3) is 4.64. The number of aryl methyl sites for hydroxylation is 1. The second-order valence-corrected chi connectivity index (χ2v) is 7.60. The van der Waals surface area contributed by atoms with Crippen molar-refractivity contribution in [2.45, 2.75) is 13.5 Å². The Labute approximate surface area is 172 Å². The molecule has 1 fully saturated rings. The Bertz CT molecular complexity index is 940. The maximum absolute atomic E-state index is 11.8. The van der Waals surface area contributed by atoms with Gasteiger partial charge in [-0.3, -0.25) is 20.2 Å². The first kappa shape index (κ1) is 19.3. The quantitative estimate of drug-likeness (QED) is 0.500. The van der Waals surface area contributed by atoms with Gasteiger partial charge in [0, 0.05) is 0 Å². The molecule has 138 valence electrons. The summed E-state index contributed by atoms with van der Waals surface area (Å²) in [6.07, 6.45) is 1.40. The summed E-state index contributed by atoms with van der Waals surface area (Å²) >= 11 is 6.90. The number of halogens is 2. The lowest BCUT2D eigenvalue weighted by atomic mass is 10.1. The molecule has 2 aromatic rings. The molecule has 1 heterocycles. The van der Waals surface area contributed by atoms with E-state index in [9.17, 15) is 14.4 Å². The molecule has 0 spiro atoms. The topological polar surface area (TPSA) is 84.5 Å². The van der Waals surface area contributed by atoms with Gasteiger partial charge in [0.25, 0.3) is 11.8 Å². The summed E-state index contributed by atoms with van der Waals surface area (Å²) in [5.74, 6) is -0.877. The van der Waals surface area contributed by atoms with Gasteiger partial charge in [0.05, 0.1) is 8.95 Å². The smallest absolute Gasteiger partial charge is 0.328 e. The molecule has 0 saturated carbocycles. The number of benzene rings is 2. The molecular formula is C19H14Br2N2O4. The van der Waals surface area contributed by atoms with Crippen LogP contribution in [0.1, 0.15) is 16.7 Å². The van der Waals surface area contributed by atoms with Crippen LogP contribution in [0.2, 0.25) is 0 Å². The molecule has 1 aliphatic rings. The summed E-state index contributed by atoms with van der Waals surface area (Å²) in [6, 6.07) is 10.6. The SMILES string of the molecule is Cc1cccc(COc2c(Br)cc(C=C3C(=O)NC(=O)NC3=O)cc2Br)c1. The van der Waals surface area contributed by atoms with Crippen LogP contribution in [0, 0.1) is 6.92 Å². The zero-order valence-corrected chi connectivity index (χ0v) is 17.3. The largest absolute Gasteiger partial charge is 0.487 e. The van der Waals surface area contributed by atoms with Crippen molar-refractivity contribution in [2.24, 2.45) is 0 Å². The number of amides is 4. The fraction of sp³-hybridized carbons (Fsp3) is 0.105. The lowest BCUT2D eigenvalue weighted by Crippen LogP contribution is -2.51. The first-order valence-electron chi connectivity index (χ1n) is 7.89. The van der Waals surface area contributed by atoms with Crippen LogP contribution in [0.5, 0.6) is 5.75 Å². The van der Waals surface area contributed by atoms with E-state index in [2.05, 4.69) is 31.9 Å². The molecule has 27 heavy (non-hydrogen) atoms. The Morgan fingerprint density at radius 1 is 1.00 bits per heavy atom. The van der Waals surface area contributed by atoms with E-state index in [-0.39, 0.29) is 5.57 Å². The highest BCUT2D eigenvalue weighted by atomic mass is 79.9. The molecule has 1 saturated heterocycles. The fourth-order valence-corrected chi connectivity index (χ4v) is 3.98. The van der Waals surface area contributed by atoms with Crippen LogP contribution in [0.4, 0.5) is 4.79 Å². The molecular weight excluding hydrogens is 480 g/mol. The lowest BCUT2D eigenvalue weighted by Gasteiger charge is -2.15. The molecule has 8 heteroatoms.